The SMILES string of the molecule is C.Cc1cc(N)c(-c2ccnn2[C@H]2CCOC2)cc1Br. The summed E-state index contributed by atoms with van der Waals surface area (Å²) in [6.45, 7) is 3.56. The molecular formula is C15H20BrN3O. The monoisotopic (exact) mass is 337 g/mol. The Bertz CT molecular complexity index is 603. The van der Waals surface area contributed by atoms with E-state index in [9.17, 15) is 0 Å². The lowest BCUT2D eigenvalue weighted by Crippen LogP contribution is -2.12. The van der Waals surface area contributed by atoms with Gasteiger partial charge < -0.3 is 10.5 Å². The minimum atomic E-state index is 0. The number of nitrogens with zero attached hydrogens (tertiary/aromatic N) is 2. The summed E-state index contributed by atoms with van der Waals surface area (Å²) in [6, 6.07) is 6.37. The Morgan fingerprint density at radius 2 is 2.25 bits per heavy atom. The summed E-state index contributed by atoms with van der Waals surface area (Å²) in [4.78, 5) is 0. The van der Waals surface area contributed by atoms with E-state index in [1.165, 1.54) is 0 Å². The van der Waals surface area contributed by atoms with E-state index < -0.39 is 0 Å². The summed E-state index contributed by atoms with van der Waals surface area (Å²) < 4.78 is 8.53. The lowest BCUT2D eigenvalue weighted by atomic mass is 10.1. The van der Waals surface area contributed by atoms with Crippen molar-refractivity contribution in [2.24, 2.45) is 0 Å². The van der Waals surface area contributed by atoms with Gasteiger partial charge in [0.1, 0.15) is 0 Å². The fraction of sp³-hybridized carbons (Fsp3) is 0.400. The van der Waals surface area contributed by atoms with Gasteiger partial charge in [0.05, 0.1) is 18.3 Å². The first-order valence-electron chi connectivity index (χ1n) is 6.34. The van der Waals surface area contributed by atoms with Crippen LogP contribution in [0.15, 0.2) is 28.9 Å². The van der Waals surface area contributed by atoms with E-state index in [4.69, 9.17) is 10.5 Å². The Balaban J connectivity index is 0.00000147. The molecular weight excluding hydrogens is 318 g/mol. The summed E-state index contributed by atoms with van der Waals surface area (Å²) in [5.74, 6) is 0. The molecule has 0 aliphatic carbocycles. The van der Waals surface area contributed by atoms with Gasteiger partial charge in [-0.2, -0.15) is 5.10 Å². The van der Waals surface area contributed by atoms with Crippen LogP contribution in [0.4, 0.5) is 5.69 Å². The Morgan fingerprint density at radius 3 is 2.95 bits per heavy atom. The van der Waals surface area contributed by atoms with Crippen molar-refractivity contribution >= 4 is 21.6 Å². The first kappa shape index (κ1) is 15.1. The summed E-state index contributed by atoms with van der Waals surface area (Å²) in [5, 5.41) is 4.43. The maximum absolute atomic E-state index is 6.16. The van der Waals surface area contributed by atoms with Crippen molar-refractivity contribution in [1.82, 2.24) is 9.78 Å². The molecule has 0 bridgehead atoms. The van der Waals surface area contributed by atoms with E-state index in [0.717, 1.165) is 46.6 Å². The quantitative estimate of drug-likeness (QED) is 0.848. The summed E-state index contributed by atoms with van der Waals surface area (Å²) in [5.41, 5.74) is 10.1. The molecule has 3 rings (SSSR count). The molecule has 1 atom stereocenters. The first-order chi connectivity index (χ1) is 9.16. The van der Waals surface area contributed by atoms with Crippen LogP contribution in [-0.2, 0) is 4.74 Å². The molecule has 2 aromatic rings. The molecule has 2 N–H and O–H groups in total. The van der Waals surface area contributed by atoms with Gasteiger partial charge >= 0.3 is 0 Å². The number of halogens is 1. The van der Waals surface area contributed by atoms with E-state index in [1.54, 1.807) is 0 Å². The molecule has 20 heavy (non-hydrogen) atoms. The maximum Gasteiger partial charge on any atom is 0.0781 e. The van der Waals surface area contributed by atoms with Crippen molar-refractivity contribution in [2.75, 3.05) is 18.9 Å². The highest BCUT2D eigenvalue weighted by atomic mass is 79.9. The van der Waals surface area contributed by atoms with Gasteiger partial charge in [-0.3, -0.25) is 4.68 Å². The van der Waals surface area contributed by atoms with Crippen molar-refractivity contribution in [3.63, 3.8) is 0 Å². The second-order valence-corrected chi connectivity index (χ2v) is 5.72. The van der Waals surface area contributed by atoms with Gasteiger partial charge in [0.15, 0.2) is 0 Å². The fourth-order valence-corrected chi connectivity index (χ4v) is 2.80. The molecule has 108 valence electrons. The highest BCUT2D eigenvalue weighted by molar-refractivity contribution is 9.10. The number of rotatable bonds is 2. The van der Waals surface area contributed by atoms with Crippen LogP contribution in [0.1, 0.15) is 25.5 Å². The van der Waals surface area contributed by atoms with Crippen molar-refractivity contribution in [2.45, 2.75) is 26.8 Å². The molecule has 5 heteroatoms. The zero-order chi connectivity index (χ0) is 13.4. The lowest BCUT2D eigenvalue weighted by molar-refractivity contribution is 0.185. The molecule has 0 spiro atoms. The molecule has 1 aliphatic heterocycles. The number of hydrogen-bond donors (Lipinski definition) is 1. The average Bonchev–Trinajstić information content (AvgIpc) is 3.03. The Kier molecular flexibility index (Phi) is 4.50. The first-order valence-corrected chi connectivity index (χ1v) is 7.13. The molecule has 0 unspecified atom stereocenters. The number of nitrogens with two attached hydrogens (primary N) is 1. The third kappa shape index (κ3) is 2.60. The fourth-order valence-electron chi connectivity index (χ4n) is 2.46. The Hall–Kier alpha value is -1.33. The molecule has 0 saturated carbocycles. The molecule has 2 heterocycles. The standard InChI is InChI=1S/C14H16BrN3O.CH4/c1-9-6-13(16)11(7-12(9)15)14-2-4-17-18(14)10-3-5-19-8-10;/h2,4,6-7,10H,3,5,8,16H2,1H3;1H4/t10-;/m0./s1. The van der Waals surface area contributed by atoms with E-state index in [1.807, 2.05) is 29.9 Å². The maximum atomic E-state index is 6.16. The van der Waals surface area contributed by atoms with Crippen molar-refractivity contribution in [1.29, 1.82) is 0 Å². The van der Waals surface area contributed by atoms with Crippen molar-refractivity contribution in [3.8, 4) is 11.3 Å². The number of benzene rings is 1. The van der Waals surface area contributed by atoms with Gasteiger partial charge in [0.25, 0.3) is 0 Å². The molecule has 1 aromatic heterocycles. The predicted octanol–water partition coefficient (Wildman–Crippen LogP) is 3.80. The van der Waals surface area contributed by atoms with Gasteiger partial charge in [0, 0.05) is 28.5 Å². The predicted molar refractivity (Wildman–Crippen MR) is 85.7 cm³/mol. The van der Waals surface area contributed by atoms with Crippen LogP contribution >= 0.6 is 15.9 Å². The molecule has 1 aliphatic rings. The molecule has 0 radical (unpaired) electrons. The summed E-state index contributed by atoms with van der Waals surface area (Å²) >= 11 is 3.56. The van der Waals surface area contributed by atoms with Gasteiger partial charge in [-0.25, -0.2) is 0 Å². The minimum absolute atomic E-state index is 0. The molecule has 1 fully saturated rings. The third-order valence-electron chi connectivity index (χ3n) is 3.53. The Labute approximate surface area is 128 Å². The minimum Gasteiger partial charge on any atom is -0.398 e. The summed E-state index contributed by atoms with van der Waals surface area (Å²) in [6.07, 6.45) is 2.82. The van der Waals surface area contributed by atoms with Gasteiger partial charge in [-0.05, 0) is 37.1 Å². The van der Waals surface area contributed by atoms with Crippen LogP contribution in [0, 0.1) is 6.92 Å². The van der Waals surface area contributed by atoms with Gasteiger partial charge in [-0.1, -0.05) is 23.4 Å². The largest absolute Gasteiger partial charge is 0.398 e. The van der Waals surface area contributed by atoms with Crippen LogP contribution < -0.4 is 5.73 Å². The van der Waals surface area contributed by atoms with Gasteiger partial charge in [0.2, 0.25) is 0 Å². The number of nitrogen functional groups attached to an aromatic ring is 1. The van der Waals surface area contributed by atoms with E-state index in [0.29, 0.717) is 6.04 Å². The molecule has 1 aromatic carbocycles. The zero-order valence-corrected chi connectivity index (χ0v) is 12.4. The second kappa shape index (κ2) is 5.97. The van der Waals surface area contributed by atoms with Crippen LogP contribution in [0.25, 0.3) is 11.3 Å². The number of hydrogen-bond acceptors (Lipinski definition) is 3. The van der Waals surface area contributed by atoms with Crippen LogP contribution in [-0.4, -0.2) is 23.0 Å². The lowest BCUT2D eigenvalue weighted by Gasteiger charge is -2.15. The number of anilines is 1. The molecule has 4 nitrogen and oxygen atoms in total. The Morgan fingerprint density at radius 1 is 1.45 bits per heavy atom. The highest BCUT2D eigenvalue weighted by Gasteiger charge is 2.22. The highest BCUT2D eigenvalue weighted by Crippen LogP contribution is 2.33. The molecule has 0 amide bonds. The van der Waals surface area contributed by atoms with Crippen molar-refractivity contribution in [3.05, 3.63) is 34.4 Å². The van der Waals surface area contributed by atoms with E-state index >= 15 is 0 Å². The van der Waals surface area contributed by atoms with Crippen LogP contribution in [0.5, 0.6) is 0 Å². The van der Waals surface area contributed by atoms with Crippen LogP contribution in [0.3, 0.4) is 0 Å². The number of aryl methyl sites for hydroxylation is 1. The average molecular weight is 338 g/mol. The van der Waals surface area contributed by atoms with E-state index in [-0.39, 0.29) is 7.43 Å². The smallest absolute Gasteiger partial charge is 0.0781 e. The summed E-state index contributed by atoms with van der Waals surface area (Å²) in [7, 11) is 0. The van der Waals surface area contributed by atoms with E-state index in [2.05, 4.69) is 27.1 Å². The normalized spacial score (nSPS) is 18.0. The third-order valence-corrected chi connectivity index (χ3v) is 4.38. The van der Waals surface area contributed by atoms with Crippen LogP contribution in [0.2, 0.25) is 0 Å². The zero-order valence-electron chi connectivity index (χ0n) is 10.8. The number of aromatic nitrogens is 2. The number of ether oxygens (including phenoxy) is 1. The van der Waals surface area contributed by atoms with Crippen molar-refractivity contribution < 1.29 is 4.74 Å². The second-order valence-electron chi connectivity index (χ2n) is 4.87. The molecule has 1 saturated heterocycles. The topological polar surface area (TPSA) is 53.1 Å². The van der Waals surface area contributed by atoms with Gasteiger partial charge in [-0.15, -0.1) is 0 Å².